The van der Waals surface area contributed by atoms with Crippen LogP contribution in [0.4, 0.5) is 5.69 Å². The Bertz CT molecular complexity index is 525. The van der Waals surface area contributed by atoms with Crippen molar-refractivity contribution in [2.75, 3.05) is 25.6 Å². The molecule has 1 aromatic carbocycles. The van der Waals surface area contributed by atoms with Gasteiger partial charge in [-0.2, -0.15) is 0 Å². The Labute approximate surface area is 142 Å². The Morgan fingerprint density at radius 2 is 2.17 bits per heavy atom. The number of amides is 1. The number of aliphatic hydroxyl groups excluding tert-OH is 1. The van der Waals surface area contributed by atoms with Gasteiger partial charge in [0.2, 0.25) is 5.91 Å². The van der Waals surface area contributed by atoms with Gasteiger partial charge < -0.3 is 20.5 Å². The molecular formula is C17H25ClN2O3. The molecule has 1 aromatic rings. The molecule has 0 heterocycles. The normalized spacial score (nSPS) is 20.8. The molecule has 1 aliphatic rings. The molecule has 0 bridgehead atoms. The predicted octanol–water partition coefficient (Wildman–Crippen LogP) is 2.82. The highest BCUT2D eigenvalue weighted by Gasteiger charge is 2.25. The molecule has 1 saturated carbocycles. The van der Waals surface area contributed by atoms with Gasteiger partial charge in [-0.1, -0.05) is 24.4 Å². The predicted molar refractivity (Wildman–Crippen MR) is 92.1 cm³/mol. The summed E-state index contributed by atoms with van der Waals surface area (Å²) in [6.45, 7) is 0.641. The number of hydrogen-bond donors (Lipinski definition) is 3. The van der Waals surface area contributed by atoms with E-state index >= 15 is 0 Å². The molecule has 2 unspecified atom stereocenters. The summed E-state index contributed by atoms with van der Waals surface area (Å²) in [5, 5.41) is 16.2. The number of benzene rings is 1. The van der Waals surface area contributed by atoms with Crippen molar-refractivity contribution in [3.8, 4) is 5.75 Å². The van der Waals surface area contributed by atoms with Gasteiger partial charge in [0.1, 0.15) is 5.75 Å². The van der Waals surface area contributed by atoms with E-state index in [1.165, 1.54) is 0 Å². The van der Waals surface area contributed by atoms with Crippen molar-refractivity contribution in [2.24, 2.45) is 5.92 Å². The summed E-state index contributed by atoms with van der Waals surface area (Å²) in [7, 11) is 1.60. The van der Waals surface area contributed by atoms with Crippen LogP contribution in [-0.4, -0.2) is 37.3 Å². The SMILES string of the molecule is COc1ccc(Cl)cc1NCCC(=O)NC1CCCCC1CO. The molecule has 0 aliphatic heterocycles. The molecule has 3 N–H and O–H groups in total. The van der Waals surface area contributed by atoms with Gasteiger partial charge >= 0.3 is 0 Å². The van der Waals surface area contributed by atoms with Crippen molar-refractivity contribution in [3.05, 3.63) is 23.2 Å². The first-order chi connectivity index (χ1) is 11.1. The third-order valence-corrected chi connectivity index (χ3v) is 4.55. The van der Waals surface area contributed by atoms with E-state index in [-0.39, 0.29) is 24.5 Å². The zero-order chi connectivity index (χ0) is 16.7. The molecule has 23 heavy (non-hydrogen) atoms. The van der Waals surface area contributed by atoms with Crippen LogP contribution in [0, 0.1) is 5.92 Å². The molecule has 128 valence electrons. The first kappa shape index (κ1) is 17.9. The van der Waals surface area contributed by atoms with Crippen LogP contribution in [0.3, 0.4) is 0 Å². The highest BCUT2D eigenvalue weighted by Crippen LogP contribution is 2.27. The Morgan fingerprint density at radius 1 is 1.39 bits per heavy atom. The monoisotopic (exact) mass is 340 g/mol. The summed E-state index contributed by atoms with van der Waals surface area (Å²) in [4.78, 5) is 12.1. The standard InChI is InChI=1S/C17H25ClN2O3/c1-23-16-7-6-13(18)10-15(16)19-9-8-17(22)20-14-5-3-2-4-12(14)11-21/h6-7,10,12,14,19,21H,2-5,8-9,11H2,1H3,(H,20,22). The van der Waals surface area contributed by atoms with Gasteiger partial charge in [-0.15, -0.1) is 0 Å². The topological polar surface area (TPSA) is 70.6 Å². The molecule has 2 atom stereocenters. The summed E-state index contributed by atoms with van der Waals surface area (Å²) >= 11 is 5.98. The van der Waals surface area contributed by atoms with Crippen LogP contribution in [0.2, 0.25) is 5.02 Å². The van der Waals surface area contributed by atoms with E-state index in [2.05, 4.69) is 10.6 Å². The van der Waals surface area contributed by atoms with Crippen molar-refractivity contribution in [1.29, 1.82) is 0 Å². The third-order valence-electron chi connectivity index (χ3n) is 4.32. The number of hydrogen-bond acceptors (Lipinski definition) is 4. The summed E-state index contributed by atoms with van der Waals surface area (Å²) in [6, 6.07) is 5.43. The number of ether oxygens (including phenoxy) is 1. The maximum atomic E-state index is 12.1. The maximum absolute atomic E-state index is 12.1. The lowest BCUT2D eigenvalue weighted by Crippen LogP contribution is -2.43. The number of anilines is 1. The number of carbonyl (C=O) groups is 1. The first-order valence-corrected chi connectivity index (χ1v) is 8.49. The number of methoxy groups -OCH3 is 1. The number of rotatable bonds is 7. The van der Waals surface area contributed by atoms with Gasteiger partial charge in [-0.3, -0.25) is 4.79 Å². The summed E-state index contributed by atoms with van der Waals surface area (Å²) in [5.74, 6) is 0.889. The van der Waals surface area contributed by atoms with Gasteiger partial charge in [0, 0.05) is 36.6 Å². The van der Waals surface area contributed by atoms with Gasteiger partial charge in [-0.05, 0) is 31.0 Å². The maximum Gasteiger partial charge on any atom is 0.221 e. The van der Waals surface area contributed by atoms with Crippen molar-refractivity contribution in [1.82, 2.24) is 5.32 Å². The molecule has 0 saturated heterocycles. The summed E-state index contributed by atoms with van der Waals surface area (Å²) in [6.07, 6.45) is 4.55. The first-order valence-electron chi connectivity index (χ1n) is 8.11. The van der Waals surface area contributed by atoms with Crippen LogP contribution >= 0.6 is 11.6 Å². The van der Waals surface area contributed by atoms with E-state index in [0.29, 0.717) is 23.7 Å². The Kier molecular flexibility index (Phi) is 6.99. The van der Waals surface area contributed by atoms with Gasteiger partial charge in [0.05, 0.1) is 12.8 Å². The Balaban J connectivity index is 1.79. The minimum atomic E-state index is 0.00356. The van der Waals surface area contributed by atoms with E-state index in [9.17, 15) is 9.90 Å². The quantitative estimate of drug-likeness (QED) is 0.713. The molecular weight excluding hydrogens is 316 g/mol. The van der Waals surface area contributed by atoms with Gasteiger partial charge in [0.25, 0.3) is 0 Å². The van der Waals surface area contributed by atoms with Crippen LogP contribution in [0.15, 0.2) is 18.2 Å². The molecule has 5 nitrogen and oxygen atoms in total. The van der Waals surface area contributed by atoms with Crippen LogP contribution in [0.1, 0.15) is 32.1 Å². The number of aliphatic hydroxyl groups is 1. The lowest BCUT2D eigenvalue weighted by Gasteiger charge is -2.30. The molecule has 1 aliphatic carbocycles. The van der Waals surface area contributed by atoms with Gasteiger partial charge in [-0.25, -0.2) is 0 Å². The molecule has 0 radical (unpaired) electrons. The highest BCUT2D eigenvalue weighted by atomic mass is 35.5. The highest BCUT2D eigenvalue weighted by molar-refractivity contribution is 6.30. The zero-order valence-electron chi connectivity index (χ0n) is 13.5. The fourth-order valence-corrected chi connectivity index (χ4v) is 3.20. The van der Waals surface area contributed by atoms with Crippen molar-refractivity contribution < 1.29 is 14.6 Å². The molecule has 1 amide bonds. The Morgan fingerprint density at radius 3 is 2.91 bits per heavy atom. The lowest BCUT2D eigenvalue weighted by molar-refractivity contribution is -0.122. The van der Waals surface area contributed by atoms with Crippen LogP contribution in [-0.2, 0) is 4.79 Å². The zero-order valence-corrected chi connectivity index (χ0v) is 14.2. The minimum absolute atomic E-state index is 0.00356. The van der Waals surface area contributed by atoms with Crippen LogP contribution < -0.4 is 15.4 Å². The van der Waals surface area contributed by atoms with E-state index in [4.69, 9.17) is 16.3 Å². The average molecular weight is 341 g/mol. The van der Waals surface area contributed by atoms with Gasteiger partial charge in [0.15, 0.2) is 0 Å². The Hall–Kier alpha value is -1.46. The van der Waals surface area contributed by atoms with Crippen molar-refractivity contribution >= 4 is 23.2 Å². The van der Waals surface area contributed by atoms with E-state index in [1.54, 1.807) is 25.3 Å². The summed E-state index contributed by atoms with van der Waals surface area (Å²) in [5.41, 5.74) is 0.777. The van der Waals surface area contributed by atoms with E-state index < -0.39 is 0 Å². The largest absolute Gasteiger partial charge is 0.495 e. The molecule has 2 rings (SSSR count). The number of halogens is 1. The summed E-state index contributed by atoms with van der Waals surface area (Å²) < 4.78 is 5.26. The second-order valence-electron chi connectivity index (χ2n) is 5.92. The second kappa shape index (κ2) is 8.99. The van der Waals surface area contributed by atoms with Crippen molar-refractivity contribution in [3.63, 3.8) is 0 Å². The van der Waals surface area contributed by atoms with E-state index in [0.717, 1.165) is 31.4 Å². The third kappa shape index (κ3) is 5.29. The molecule has 0 aromatic heterocycles. The van der Waals surface area contributed by atoms with Crippen LogP contribution in [0.5, 0.6) is 5.75 Å². The van der Waals surface area contributed by atoms with Crippen molar-refractivity contribution in [2.45, 2.75) is 38.1 Å². The second-order valence-corrected chi connectivity index (χ2v) is 6.36. The number of carbonyl (C=O) groups excluding carboxylic acids is 1. The number of nitrogens with one attached hydrogen (secondary N) is 2. The minimum Gasteiger partial charge on any atom is -0.495 e. The molecule has 6 heteroatoms. The van der Waals surface area contributed by atoms with Crippen LogP contribution in [0.25, 0.3) is 0 Å². The average Bonchev–Trinajstić information content (AvgIpc) is 2.55. The molecule has 1 fully saturated rings. The fourth-order valence-electron chi connectivity index (χ4n) is 3.02. The lowest BCUT2D eigenvalue weighted by atomic mass is 9.85. The van der Waals surface area contributed by atoms with E-state index in [1.807, 2.05) is 0 Å². The molecule has 0 spiro atoms. The fraction of sp³-hybridized carbons (Fsp3) is 0.588. The smallest absolute Gasteiger partial charge is 0.221 e.